The molecule has 1 aromatic rings. The minimum atomic E-state index is -0.508. The molecule has 3 nitrogen and oxygen atoms in total. The molecular weight excluding hydrogens is 226 g/mol. The number of carbonyl (C=O) groups excluding carboxylic acids is 2. The van der Waals surface area contributed by atoms with Gasteiger partial charge in [-0.05, 0) is 29.9 Å². The van der Waals surface area contributed by atoms with Crippen LogP contribution in [0.3, 0.4) is 0 Å². The Morgan fingerprint density at radius 1 is 1.22 bits per heavy atom. The molecule has 0 saturated carbocycles. The summed E-state index contributed by atoms with van der Waals surface area (Å²) in [5.41, 5.74) is 2.51. The standard InChI is InChI=1S/C15H21NO2/c1-4-11(2)14-7-5-13(6-8-14)9-10-16-15(18)12(3)17/h5-8,11H,4,9-10H2,1-3H3,(H,16,18). The highest BCUT2D eigenvalue weighted by molar-refractivity contribution is 6.35. The third-order valence-corrected chi connectivity index (χ3v) is 3.18. The number of benzene rings is 1. The molecule has 18 heavy (non-hydrogen) atoms. The summed E-state index contributed by atoms with van der Waals surface area (Å²) in [5, 5.41) is 2.59. The monoisotopic (exact) mass is 247 g/mol. The lowest BCUT2D eigenvalue weighted by molar-refractivity contribution is -0.136. The van der Waals surface area contributed by atoms with Gasteiger partial charge in [0.2, 0.25) is 5.78 Å². The Kier molecular flexibility index (Phi) is 5.56. The second kappa shape index (κ2) is 6.94. The van der Waals surface area contributed by atoms with E-state index < -0.39 is 11.7 Å². The zero-order valence-corrected chi connectivity index (χ0v) is 11.3. The lowest BCUT2D eigenvalue weighted by atomic mass is 9.97. The molecule has 1 amide bonds. The van der Waals surface area contributed by atoms with E-state index in [0.29, 0.717) is 12.5 Å². The number of carbonyl (C=O) groups is 2. The van der Waals surface area contributed by atoms with Crippen LogP contribution in [0.15, 0.2) is 24.3 Å². The number of ketones is 1. The fourth-order valence-corrected chi connectivity index (χ4v) is 1.69. The second-order valence-electron chi connectivity index (χ2n) is 4.61. The van der Waals surface area contributed by atoms with Crippen molar-refractivity contribution >= 4 is 11.7 Å². The maximum atomic E-state index is 11.1. The SMILES string of the molecule is CCC(C)c1ccc(CCNC(=O)C(C)=O)cc1. The quantitative estimate of drug-likeness (QED) is 0.785. The first-order valence-electron chi connectivity index (χ1n) is 6.42. The summed E-state index contributed by atoms with van der Waals surface area (Å²) in [5.74, 6) is -0.371. The van der Waals surface area contributed by atoms with E-state index in [2.05, 4.69) is 43.4 Å². The number of nitrogens with one attached hydrogen (secondary N) is 1. The van der Waals surface area contributed by atoms with Crippen LogP contribution in [0.5, 0.6) is 0 Å². The summed E-state index contributed by atoms with van der Waals surface area (Å²) in [4.78, 5) is 21.8. The third-order valence-electron chi connectivity index (χ3n) is 3.18. The Hall–Kier alpha value is -1.64. The number of Topliss-reactive ketones (excluding diaryl/α,β-unsaturated/α-hetero) is 1. The van der Waals surface area contributed by atoms with Crippen LogP contribution < -0.4 is 5.32 Å². The molecule has 1 atom stereocenters. The van der Waals surface area contributed by atoms with Gasteiger partial charge in [0.1, 0.15) is 0 Å². The van der Waals surface area contributed by atoms with Gasteiger partial charge in [-0.3, -0.25) is 9.59 Å². The number of rotatable bonds is 6. The van der Waals surface area contributed by atoms with Gasteiger partial charge in [0.05, 0.1) is 0 Å². The maximum absolute atomic E-state index is 11.1. The van der Waals surface area contributed by atoms with Gasteiger partial charge in [0, 0.05) is 13.5 Å². The molecule has 1 N–H and O–H groups in total. The van der Waals surface area contributed by atoms with Crippen molar-refractivity contribution in [3.05, 3.63) is 35.4 Å². The largest absolute Gasteiger partial charge is 0.349 e. The summed E-state index contributed by atoms with van der Waals surface area (Å²) in [6.45, 7) is 6.16. The molecule has 0 radical (unpaired) electrons. The van der Waals surface area contributed by atoms with Crippen LogP contribution >= 0.6 is 0 Å². The molecule has 0 aromatic heterocycles. The topological polar surface area (TPSA) is 46.2 Å². The summed E-state index contributed by atoms with van der Waals surface area (Å²) >= 11 is 0. The predicted octanol–water partition coefficient (Wildman–Crippen LogP) is 2.45. The van der Waals surface area contributed by atoms with Crippen LogP contribution in [0.25, 0.3) is 0 Å². The van der Waals surface area contributed by atoms with Gasteiger partial charge in [-0.15, -0.1) is 0 Å². The van der Waals surface area contributed by atoms with Crippen molar-refractivity contribution in [2.45, 2.75) is 39.5 Å². The molecule has 0 aliphatic carbocycles. The molecule has 0 spiro atoms. The van der Waals surface area contributed by atoms with Crippen LogP contribution in [-0.2, 0) is 16.0 Å². The first kappa shape index (κ1) is 14.4. The van der Waals surface area contributed by atoms with E-state index in [1.54, 1.807) is 0 Å². The van der Waals surface area contributed by atoms with Crippen molar-refractivity contribution in [1.82, 2.24) is 5.32 Å². The van der Waals surface area contributed by atoms with Gasteiger partial charge in [0.25, 0.3) is 5.91 Å². The Morgan fingerprint density at radius 2 is 1.83 bits per heavy atom. The van der Waals surface area contributed by atoms with Crippen LogP contribution in [0.2, 0.25) is 0 Å². The fourth-order valence-electron chi connectivity index (χ4n) is 1.69. The second-order valence-corrected chi connectivity index (χ2v) is 4.61. The summed E-state index contributed by atoms with van der Waals surface area (Å²) in [6.07, 6.45) is 1.88. The third kappa shape index (κ3) is 4.32. The zero-order chi connectivity index (χ0) is 13.5. The minimum Gasteiger partial charge on any atom is -0.349 e. The summed E-state index contributed by atoms with van der Waals surface area (Å²) in [7, 11) is 0. The van der Waals surface area contributed by atoms with Gasteiger partial charge in [-0.2, -0.15) is 0 Å². The Balaban J connectivity index is 2.44. The van der Waals surface area contributed by atoms with Crippen LogP contribution in [-0.4, -0.2) is 18.2 Å². The van der Waals surface area contributed by atoms with Gasteiger partial charge in [0.15, 0.2) is 0 Å². The van der Waals surface area contributed by atoms with E-state index in [4.69, 9.17) is 0 Å². The molecule has 3 heteroatoms. The highest BCUT2D eigenvalue weighted by Crippen LogP contribution is 2.18. The summed E-state index contributed by atoms with van der Waals surface area (Å²) < 4.78 is 0. The van der Waals surface area contributed by atoms with E-state index in [1.807, 2.05) is 0 Å². The van der Waals surface area contributed by atoms with E-state index in [1.165, 1.54) is 18.1 Å². The van der Waals surface area contributed by atoms with E-state index in [-0.39, 0.29) is 0 Å². The molecular formula is C15H21NO2. The Labute approximate surface area is 109 Å². The number of hydrogen-bond acceptors (Lipinski definition) is 2. The fraction of sp³-hybridized carbons (Fsp3) is 0.467. The van der Waals surface area contributed by atoms with E-state index in [9.17, 15) is 9.59 Å². The predicted molar refractivity (Wildman–Crippen MR) is 72.5 cm³/mol. The lowest BCUT2D eigenvalue weighted by Gasteiger charge is -2.09. The molecule has 1 aromatic carbocycles. The Morgan fingerprint density at radius 3 is 2.33 bits per heavy atom. The maximum Gasteiger partial charge on any atom is 0.287 e. The smallest absolute Gasteiger partial charge is 0.287 e. The lowest BCUT2D eigenvalue weighted by Crippen LogP contribution is -2.30. The average Bonchev–Trinajstić information content (AvgIpc) is 2.38. The highest BCUT2D eigenvalue weighted by atomic mass is 16.2. The Bertz CT molecular complexity index is 409. The van der Waals surface area contributed by atoms with Crippen LogP contribution in [0.1, 0.15) is 44.2 Å². The van der Waals surface area contributed by atoms with Gasteiger partial charge >= 0.3 is 0 Å². The zero-order valence-electron chi connectivity index (χ0n) is 11.3. The van der Waals surface area contributed by atoms with Gasteiger partial charge in [-0.25, -0.2) is 0 Å². The molecule has 0 fully saturated rings. The molecule has 0 saturated heterocycles. The van der Waals surface area contributed by atoms with Crippen molar-refractivity contribution in [3.63, 3.8) is 0 Å². The highest BCUT2D eigenvalue weighted by Gasteiger charge is 2.06. The van der Waals surface area contributed by atoms with E-state index in [0.717, 1.165) is 12.8 Å². The van der Waals surface area contributed by atoms with Crippen molar-refractivity contribution in [1.29, 1.82) is 0 Å². The van der Waals surface area contributed by atoms with Gasteiger partial charge in [-0.1, -0.05) is 38.1 Å². The first-order valence-corrected chi connectivity index (χ1v) is 6.42. The van der Waals surface area contributed by atoms with Crippen LogP contribution in [0, 0.1) is 0 Å². The molecule has 98 valence electrons. The van der Waals surface area contributed by atoms with Crippen molar-refractivity contribution in [2.24, 2.45) is 0 Å². The van der Waals surface area contributed by atoms with Crippen molar-refractivity contribution in [2.75, 3.05) is 6.54 Å². The summed E-state index contributed by atoms with van der Waals surface area (Å²) in [6, 6.07) is 8.44. The van der Waals surface area contributed by atoms with Crippen molar-refractivity contribution < 1.29 is 9.59 Å². The average molecular weight is 247 g/mol. The molecule has 0 bridgehead atoms. The normalized spacial score (nSPS) is 11.9. The van der Waals surface area contributed by atoms with Gasteiger partial charge < -0.3 is 5.32 Å². The number of hydrogen-bond donors (Lipinski definition) is 1. The molecule has 1 unspecified atom stereocenters. The van der Waals surface area contributed by atoms with E-state index >= 15 is 0 Å². The minimum absolute atomic E-state index is 0.442. The first-order chi connectivity index (χ1) is 8.54. The molecule has 0 aliphatic rings. The van der Waals surface area contributed by atoms with Crippen LogP contribution in [0.4, 0.5) is 0 Å². The molecule has 1 rings (SSSR count). The number of amides is 1. The van der Waals surface area contributed by atoms with Crippen molar-refractivity contribution in [3.8, 4) is 0 Å². The molecule has 0 aliphatic heterocycles. The molecule has 0 heterocycles.